The summed E-state index contributed by atoms with van der Waals surface area (Å²) in [5, 5.41) is 0.607. The number of furan rings is 1. The topological polar surface area (TPSA) is 93.9 Å². The summed E-state index contributed by atoms with van der Waals surface area (Å²) in [7, 11) is -2.94. The van der Waals surface area contributed by atoms with Crippen LogP contribution in [0.1, 0.15) is 44.0 Å². The number of ketones is 2. The summed E-state index contributed by atoms with van der Waals surface area (Å²) in [5.74, 6) is 0.752. The Hall–Kier alpha value is -2.97. The van der Waals surface area contributed by atoms with E-state index in [1.807, 2.05) is 11.0 Å². The van der Waals surface area contributed by atoms with E-state index in [4.69, 9.17) is 9.15 Å². The van der Waals surface area contributed by atoms with Crippen molar-refractivity contribution < 1.29 is 27.2 Å². The third-order valence-electron chi connectivity index (χ3n) is 6.40. The highest BCUT2D eigenvalue weighted by molar-refractivity contribution is 7.91. The summed E-state index contributed by atoms with van der Waals surface area (Å²) in [5.41, 5.74) is 2.32. The largest absolute Gasteiger partial charge is 0.478 e. The Morgan fingerprint density at radius 2 is 1.81 bits per heavy atom. The van der Waals surface area contributed by atoms with Crippen LogP contribution in [0.3, 0.4) is 0 Å². The molecule has 2 aliphatic heterocycles. The fourth-order valence-corrected chi connectivity index (χ4v) is 6.78. The number of carbonyl (C=O) groups is 2. The van der Waals surface area contributed by atoms with Crippen LogP contribution in [0.25, 0.3) is 11.0 Å². The second kappa shape index (κ2) is 6.51. The lowest BCUT2D eigenvalue weighted by Gasteiger charge is -2.30. The summed E-state index contributed by atoms with van der Waals surface area (Å²) in [6.45, 7) is 1.47. The average molecular weight is 437 g/mol. The number of rotatable bonds is 2. The summed E-state index contributed by atoms with van der Waals surface area (Å²) in [6.07, 6.45) is 0.659. The maximum absolute atomic E-state index is 13.1. The van der Waals surface area contributed by atoms with E-state index >= 15 is 0 Å². The van der Waals surface area contributed by atoms with Crippen LogP contribution < -0.4 is 4.74 Å². The molecule has 0 radical (unpaired) electrons. The van der Waals surface area contributed by atoms with Crippen molar-refractivity contribution >= 4 is 32.4 Å². The quantitative estimate of drug-likeness (QED) is 0.476. The van der Waals surface area contributed by atoms with Crippen LogP contribution in [-0.2, 0) is 16.4 Å². The van der Waals surface area contributed by atoms with Crippen molar-refractivity contribution in [1.29, 1.82) is 0 Å². The molecule has 0 bridgehead atoms. The zero-order valence-electron chi connectivity index (χ0n) is 16.6. The first kappa shape index (κ1) is 18.8. The van der Waals surface area contributed by atoms with Crippen molar-refractivity contribution in [2.24, 2.45) is 5.92 Å². The molecule has 1 atom stereocenters. The van der Waals surface area contributed by atoms with Gasteiger partial charge in [0.25, 0.3) is 0 Å². The van der Waals surface area contributed by atoms with Gasteiger partial charge in [0.15, 0.2) is 21.4 Å². The number of nitrogens with zero attached hydrogens (tertiary/aromatic N) is 1. The van der Waals surface area contributed by atoms with Crippen molar-refractivity contribution in [3.8, 4) is 5.75 Å². The van der Waals surface area contributed by atoms with E-state index < -0.39 is 9.84 Å². The predicted octanol–water partition coefficient (Wildman–Crippen LogP) is 2.79. The molecule has 1 unspecified atom stereocenters. The van der Waals surface area contributed by atoms with E-state index in [0.29, 0.717) is 59.7 Å². The molecule has 3 aromatic rings. The molecule has 0 N–H and O–H groups in total. The second-order valence-electron chi connectivity index (χ2n) is 8.48. The third-order valence-corrected chi connectivity index (χ3v) is 8.23. The highest BCUT2D eigenvalue weighted by atomic mass is 32.2. The first-order valence-corrected chi connectivity index (χ1v) is 12.1. The van der Waals surface area contributed by atoms with Crippen molar-refractivity contribution in [1.82, 2.24) is 4.90 Å². The van der Waals surface area contributed by atoms with E-state index in [1.165, 1.54) is 0 Å². The SMILES string of the molecule is O=C1c2ccccc2C(=O)c2c1oc1c3c(ccc21)OCN(CC1CCS(=O)(=O)C1)C3. The van der Waals surface area contributed by atoms with Crippen LogP contribution in [0.5, 0.6) is 5.75 Å². The normalized spacial score (nSPS) is 22.1. The van der Waals surface area contributed by atoms with Gasteiger partial charge in [0.1, 0.15) is 18.1 Å². The Bertz CT molecular complexity index is 1390. The lowest BCUT2D eigenvalue weighted by molar-refractivity contribution is 0.0833. The van der Waals surface area contributed by atoms with Gasteiger partial charge in [0.05, 0.1) is 22.6 Å². The van der Waals surface area contributed by atoms with Gasteiger partial charge >= 0.3 is 0 Å². The fourth-order valence-electron chi connectivity index (χ4n) is 4.93. The monoisotopic (exact) mass is 437 g/mol. The maximum Gasteiger partial charge on any atom is 0.229 e. The van der Waals surface area contributed by atoms with Crippen LogP contribution in [0.15, 0.2) is 40.8 Å². The molecule has 0 amide bonds. The van der Waals surface area contributed by atoms with E-state index in [1.54, 1.807) is 30.3 Å². The zero-order valence-corrected chi connectivity index (χ0v) is 17.4. The molecule has 1 fully saturated rings. The van der Waals surface area contributed by atoms with Gasteiger partial charge < -0.3 is 9.15 Å². The minimum atomic E-state index is -2.94. The highest BCUT2D eigenvalue weighted by Crippen LogP contribution is 2.40. The van der Waals surface area contributed by atoms with Crippen LogP contribution in [0, 0.1) is 5.92 Å². The van der Waals surface area contributed by atoms with Gasteiger partial charge in [0, 0.05) is 29.6 Å². The van der Waals surface area contributed by atoms with E-state index in [9.17, 15) is 18.0 Å². The number of ether oxygens (including phenoxy) is 1. The Morgan fingerprint density at radius 3 is 2.55 bits per heavy atom. The van der Waals surface area contributed by atoms with Gasteiger partial charge in [-0.15, -0.1) is 0 Å². The van der Waals surface area contributed by atoms with Gasteiger partial charge in [-0.05, 0) is 24.5 Å². The second-order valence-corrected chi connectivity index (χ2v) is 10.7. The smallest absolute Gasteiger partial charge is 0.229 e. The Morgan fingerprint density at radius 1 is 1.03 bits per heavy atom. The predicted molar refractivity (Wildman–Crippen MR) is 112 cm³/mol. The summed E-state index contributed by atoms with van der Waals surface area (Å²) < 4.78 is 35.5. The van der Waals surface area contributed by atoms with Gasteiger partial charge in [-0.2, -0.15) is 0 Å². The number of hydrogen-bond acceptors (Lipinski definition) is 7. The minimum Gasteiger partial charge on any atom is -0.478 e. The van der Waals surface area contributed by atoms with Crippen LogP contribution in [0.2, 0.25) is 0 Å². The standard InChI is InChI=1S/C23H19NO6S/c25-20-14-3-1-2-4-15(14)21(26)23-19(20)16-5-6-18-17(22(16)30-23)10-24(12-29-18)9-13-7-8-31(27,28)11-13/h1-6,13H,7-12H2. The highest BCUT2D eigenvalue weighted by Gasteiger charge is 2.37. The van der Waals surface area contributed by atoms with Crippen molar-refractivity contribution in [2.45, 2.75) is 13.0 Å². The fraction of sp³-hybridized carbons (Fsp3) is 0.304. The van der Waals surface area contributed by atoms with Crippen molar-refractivity contribution in [3.05, 3.63) is 64.4 Å². The molecule has 8 heteroatoms. The Balaban J connectivity index is 1.40. The van der Waals surface area contributed by atoms with Crippen LogP contribution >= 0.6 is 0 Å². The minimum absolute atomic E-state index is 0.0751. The first-order valence-electron chi connectivity index (χ1n) is 10.2. The molecule has 3 heterocycles. The molecule has 158 valence electrons. The molecule has 7 nitrogen and oxygen atoms in total. The number of sulfone groups is 1. The number of benzene rings is 2. The third kappa shape index (κ3) is 2.85. The van der Waals surface area contributed by atoms with Crippen molar-refractivity contribution in [3.63, 3.8) is 0 Å². The molecule has 0 saturated carbocycles. The molecule has 6 rings (SSSR count). The summed E-state index contributed by atoms with van der Waals surface area (Å²) in [4.78, 5) is 28.2. The molecule has 31 heavy (non-hydrogen) atoms. The van der Waals surface area contributed by atoms with Gasteiger partial charge in [-0.25, -0.2) is 8.42 Å². The zero-order chi connectivity index (χ0) is 21.3. The molecular formula is C23H19NO6S. The molecule has 1 aliphatic carbocycles. The number of fused-ring (bicyclic) bond motifs is 6. The van der Waals surface area contributed by atoms with Crippen LogP contribution in [0.4, 0.5) is 0 Å². The lowest BCUT2D eigenvalue weighted by atomic mass is 9.87. The number of carbonyl (C=O) groups excluding carboxylic acids is 2. The summed E-state index contributed by atoms with van der Waals surface area (Å²) >= 11 is 0. The molecule has 1 saturated heterocycles. The molecular weight excluding hydrogens is 418 g/mol. The summed E-state index contributed by atoms with van der Waals surface area (Å²) in [6, 6.07) is 10.4. The molecule has 1 aromatic heterocycles. The Labute approximate surface area is 178 Å². The molecule has 2 aromatic carbocycles. The maximum atomic E-state index is 13.1. The van der Waals surface area contributed by atoms with Gasteiger partial charge in [-0.1, -0.05) is 24.3 Å². The van der Waals surface area contributed by atoms with Crippen LogP contribution in [-0.4, -0.2) is 49.7 Å². The molecule has 0 spiro atoms. The van der Waals surface area contributed by atoms with Gasteiger partial charge in [-0.3, -0.25) is 14.5 Å². The number of hydrogen-bond donors (Lipinski definition) is 0. The van der Waals surface area contributed by atoms with Crippen molar-refractivity contribution in [2.75, 3.05) is 24.8 Å². The first-order chi connectivity index (χ1) is 14.9. The van der Waals surface area contributed by atoms with E-state index in [0.717, 1.165) is 5.56 Å². The lowest BCUT2D eigenvalue weighted by Crippen LogP contribution is -2.36. The van der Waals surface area contributed by atoms with Gasteiger partial charge in [0.2, 0.25) is 5.78 Å². The average Bonchev–Trinajstić information content (AvgIpc) is 3.32. The Kier molecular flexibility index (Phi) is 3.94. The van der Waals surface area contributed by atoms with E-state index in [2.05, 4.69) is 0 Å². The molecule has 3 aliphatic rings. The van der Waals surface area contributed by atoms with E-state index in [-0.39, 0.29) is 34.8 Å².